The highest BCUT2D eigenvalue weighted by Crippen LogP contribution is 2.32. The van der Waals surface area contributed by atoms with Crippen LogP contribution < -0.4 is 14.9 Å². The van der Waals surface area contributed by atoms with Crippen LogP contribution in [0.4, 0.5) is 0 Å². The summed E-state index contributed by atoms with van der Waals surface area (Å²) in [6, 6.07) is 8.11. The number of hydrogen-bond acceptors (Lipinski definition) is 4. The van der Waals surface area contributed by atoms with Gasteiger partial charge in [0.1, 0.15) is 11.5 Å². The maximum Gasteiger partial charge on any atom is 0.271 e. The molecule has 5 nitrogen and oxygen atoms in total. The van der Waals surface area contributed by atoms with E-state index in [0.29, 0.717) is 33.4 Å². The van der Waals surface area contributed by atoms with E-state index in [9.17, 15) is 4.79 Å². The number of methoxy groups -OCH3 is 2. The number of ether oxygens (including phenoxy) is 2. The van der Waals surface area contributed by atoms with Gasteiger partial charge in [0.25, 0.3) is 5.91 Å². The van der Waals surface area contributed by atoms with Crippen molar-refractivity contribution in [1.82, 2.24) is 5.43 Å². The Morgan fingerprint density at radius 3 is 2.16 bits per heavy atom. The third kappa shape index (κ3) is 4.57. The van der Waals surface area contributed by atoms with E-state index >= 15 is 0 Å². The van der Waals surface area contributed by atoms with Crippen LogP contribution in [0, 0.1) is 0 Å². The van der Waals surface area contributed by atoms with Crippen LogP contribution in [0.1, 0.15) is 22.8 Å². The first kappa shape index (κ1) is 19.4. The molecule has 2 aromatic carbocycles. The standard InChI is InChI=1S/C17H15Cl3N2O3/c1-9(13-4-5-14(18)16(20)15(13)19)21-22-17(23)10-6-11(24-2)8-12(7-10)25-3/h4-8H,1-3H3,(H,22,23)/b21-9-. The van der Waals surface area contributed by atoms with Crippen LogP contribution in [-0.2, 0) is 0 Å². The lowest BCUT2D eigenvalue weighted by Crippen LogP contribution is -2.19. The zero-order valence-electron chi connectivity index (χ0n) is 13.7. The first-order valence-corrected chi connectivity index (χ1v) is 8.22. The van der Waals surface area contributed by atoms with Crippen LogP contribution in [0.3, 0.4) is 0 Å². The monoisotopic (exact) mass is 400 g/mol. The lowest BCUT2D eigenvalue weighted by molar-refractivity contribution is 0.0954. The molecule has 25 heavy (non-hydrogen) atoms. The van der Waals surface area contributed by atoms with E-state index in [1.807, 2.05) is 0 Å². The smallest absolute Gasteiger partial charge is 0.271 e. The minimum atomic E-state index is -0.423. The maximum atomic E-state index is 12.3. The molecule has 0 bridgehead atoms. The molecular weight excluding hydrogens is 387 g/mol. The van der Waals surface area contributed by atoms with E-state index in [4.69, 9.17) is 44.3 Å². The van der Waals surface area contributed by atoms with Crippen LogP contribution in [0.15, 0.2) is 35.4 Å². The average Bonchev–Trinajstić information content (AvgIpc) is 2.63. The Labute approximate surface area is 160 Å². The van der Waals surface area contributed by atoms with Gasteiger partial charge in [-0.05, 0) is 25.1 Å². The molecule has 0 saturated carbocycles. The molecule has 0 spiro atoms. The summed E-state index contributed by atoms with van der Waals surface area (Å²) in [6.07, 6.45) is 0. The van der Waals surface area contributed by atoms with Gasteiger partial charge in [-0.1, -0.05) is 40.9 Å². The first-order valence-electron chi connectivity index (χ1n) is 7.09. The normalized spacial score (nSPS) is 11.2. The Morgan fingerprint density at radius 2 is 1.60 bits per heavy atom. The summed E-state index contributed by atoms with van der Waals surface area (Å²) in [6.45, 7) is 1.69. The molecular formula is C17H15Cl3N2O3. The van der Waals surface area contributed by atoms with Crippen LogP contribution in [0.25, 0.3) is 0 Å². The van der Waals surface area contributed by atoms with Gasteiger partial charge in [0.15, 0.2) is 0 Å². The topological polar surface area (TPSA) is 59.9 Å². The number of carbonyl (C=O) groups excluding carboxylic acids is 1. The maximum absolute atomic E-state index is 12.3. The molecule has 0 aliphatic heterocycles. The second-order valence-corrected chi connectivity index (χ2v) is 6.13. The fourth-order valence-corrected chi connectivity index (χ4v) is 2.68. The molecule has 0 fully saturated rings. The fraction of sp³-hybridized carbons (Fsp3) is 0.176. The summed E-state index contributed by atoms with van der Waals surface area (Å²) >= 11 is 18.1. The molecule has 1 amide bonds. The number of benzene rings is 2. The van der Waals surface area contributed by atoms with Crippen LogP contribution in [0.2, 0.25) is 15.1 Å². The van der Waals surface area contributed by atoms with Crippen molar-refractivity contribution in [1.29, 1.82) is 0 Å². The van der Waals surface area contributed by atoms with Gasteiger partial charge in [-0.15, -0.1) is 0 Å². The number of carbonyl (C=O) groups is 1. The highest BCUT2D eigenvalue weighted by molar-refractivity contribution is 6.49. The fourth-order valence-electron chi connectivity index (χ4n) is 2.00. The molecule has 0 radical (unpaired) electrons. The molecule has 8 heteroatoms. The SMILES string of the molecule is COc1cc(OC)cc(C(=O)N/N=C(/C)c2ccc(Cl)c(Cl)c2Cl)c1. The molecule has 0 saturated heterocycles. The summed E-state index contributed by atoms with van der Waals surface area (Å²) in [7, 11) is 3.01. The number of nitrogens with zero attached hydrogens (tertiary/aromatic N) is 1. The molecule has 132 valence electrons. The van der Waals surface area contributed by atoms with Crippen molar-refractivity contribution in [3.8, 4) is 11.5 Å². The van der Waals surface area contributed by atoms with Crippen molar-refractivity contribution < 1.29 is 14.3 Å². The van der Waals surface area contributed by atoms with Crippen molar-refractivity contribution in [3.05, 3.63) is 56.5 Å². The van der Waals surface area contributed by atoms with Crippen molar-refractivity contribution in [2.24, 2.45) is 5.10 Å². The number of halogens is 3. The minimum absolute atomic E-state index is 0.235. The van der Waals surface area contributed by atoms with E-state index in [-0.39, 0.29) is 10.0 Å². The van der Waals surface area contributed by atoms with Crippen molar-refractivity contribution in [3.63, 3.8) is 0 Å². The zero-order valence-corrected chi connectivity index (χ0v) is 16.0. The molecule has 0 aliphatic rings. The molecule has 2 rings (SSSR count). The summed E-state index contributed by atoms with van der Waals surface area (Å²) in [4.78, 5) is 12.3. The van der Waals surface area contributed by atoms with Gasteiger partial charge in [-0.25, -0.2) is 5.43 Å². The van der Waals surface area contributed by atoms with Gasteiger partial charge in [-0.3, -0.25) is 4.79 Å². The van der Waals surface area contributed by atoms with Crippen molar-refractivity contribution in [2.45, 2.75) is 6.92 Å². The van der Waals surface area contributed by atoms with E-state index in [2.05, 4.69) is 10.5 Å². The Balaban J connectivity index is 2.24. The zero-order chi connectivity index (χ0) is 18.6. The molecule has 0 atom stereocenters. The van der Waals surface area contributed by atoms with Crippen LogP contribution in [0.5, 0.6) is 11.5 Å². The van der Waals surface area contributed by atoms with E-state index in [1.165, 1.54) is 14.2 Å². The number of amides is 1. The van der Waals surface area contributed by atoms with Crippen LogP contribution >= 0.6 is 34.8 Å². The highest BCUT2D eigenvalue weighted by Gasteiger charge is 2.13. The Morgan fingerprint density at radius 1 is 1.00 bits per heavy atom. The molecule has 0 heterocycles. The lowest BCUT2D eigenvalue weighted by atomic mass is 10.1. The van der Waals surface area contributed by atoms with Crippen molar-refractivity contribution in [2.75, 3.05) is 14.2 Å². The molecule has 0 unspecified atom stereocenters. The Bertz CT molecular complexity index is 816. The second kappa shape index (κ2) is 8.43. The molecule has 0 aromatic heterocycles. The number of nitrogens with one attached hydrogen (secondary N) is 1. The Hall–Kier alpha value is -1.95. The van der Waals surface area contributed by atoms with Gasteiger partial charge in [0.05, 0.1) is 35.0 Å². The highest BCUT2D eigenvalue weighted by atomic mass is 35.5. The third-order valence-electron chi connectivity index (χ3n) is 3.36. The largest absolute Gasteiger partial charge is 0.497 e. The van der Waals surface area contributed by atoms with Crippen molar-refractivity contribution >= 4 is 46.4 Å². The summed E-state index contributed by atoms with van der Waals surface area (Å²) in [5, 5.41) is 4.91. The first-order chi connectivity index (χ1) is 11.9. The number of rotatable bonds is 5. The predicted octanol–water partition coefficient (Wildman–Crippen LogP) is 4.82. The quantitative estimate of drug-likeness (QED) is 0.444. The third-order valence-corrected chi connectivity index (χ3v) is 4.66. The lowest BCUT2D eigenvalue weighted by Gasteiger charge is -2.09. The van der Waals surface area contributed by atoms with E-state index in [1.54, 1.807) is 37.3 Å². The minimum Gasteiger partial charge on any atom is -0.497 e. The second-order valence-electron chi connectivity index (χ2n) is 4.96. The molecule has 0 aliphatic carbocycles. The van der Waals surface area contributed by atoms with Gasteiger partial charge < -0.3 is 9.47 Å². The summed E-state index contributed by atoms with van der Waals surface area (Å²) < 4.78 is 10.3. The van der Waals surface area contributed by atoms with Gasteiger partial charge in [0.2, 0.25) is 0 Å². The van der Waals surface area contributed by atoms with Gasteiger partial charge in [-0.2, -0.15) is 5.10 Å². The number of hydrogen-bond donors (Lipinski definition) is 1. The summed E-state index contributed by atoms with van der Waals surface area (Å²) in [5.74, 6) is 0.572. The Kier molecular flexibility index (Phi) is 6.53. The predicted molar refractivity (Wildman–Crippen MR) is 101 cm³/mol. The molecule has 2 aromatic rings. The van der Waals surface area contributed by atoms with Gasteiger partial charge in [0, 0.05) is 17.2 Å². The van der Waals surface area contributed by atoms with E-state index < -0.39 is 5.91 Å². The molecule has 1 N–H and O–H groups in total. The van der Waals surface area contributed by atoms with E-state index in [0.717, 1.165) is 0 Å². The van der Waals surface area contributed by atoms with Crippen LogP contribution in [-0.4, -0.2) is 25.8 Å². The average molecular weight is 402 g/mol. The summed E-state index contributed by atoms with van der Waals surface area (Å²) in [5.41, 5.74) is 3.85. The van der Waals surface area contributed by atoms with Gasteiger partial charge >= 0.3 is 0 Å². The number of hydrazone groups is 1.